The smallest absolute Gasteiger partial charge is 0.225 e. The Bertz CT molecular complexity index is 583. The SMILES string of the molecule is CCCCN(C)C(=O)C1CCC(C(=O)NCc2ccccc2Cl)CC1. The average molecular weight is 365 g/mol. The van der Waals surface area contributed by atoms with Gasteiger partial charge in [0.2, 0.25) is 11.8 Å². The highest BCUT2D eigenvalue weighted by atomic mass is 35.5. The number of rotatable bonds is 7. The zero-order chi connectivity index (χ0) is 18.2. The summed E-state index contributed by atoms with van der Waals surface area (Å²) in [5, 5.41) is 3.66. The van der Waals surface area contributed by atoms with E-state index < -0.39 is 0 Å². The Morgan fingerprint density at radius 1 is 1.16 bits per heavy atom. The molecule has 1 aliphatic carbocycles. The number of nitrogens with one attached hydrogen (secondary N) is 1. The third-order valence-corrected chi connectivity index (χ3v) is 5.45. The summed E-state index contributed by atoms with van der Waals surface area (Å²) in [5.74, 6) is 0.399. The summed E-state index contributed by atoms with van der Waals surface area (Å²) < 4.78 is 0. The Balaban J connectivity index is 1.76. The fourth-order valence-electron chi connectivity index (χ4n) is 3.39. The second-order valence-corrected chi connectivity index (χ2v) is 7.38. The Hall–Kier alpha value is -1.55. The van der Waals surface area contributed by atoms with E-state index in [1.165, 1.54) is 0 Å². The number of hydrogen-bond donors (Lipinski definition) is 1. The van der Waals surface area contributed by atoms with Crippen LogP contribution in [0, 0.1) is 11.8 Å². The molecule has 25 heavy (non-hydrogen) atoms. The summed E-state index contributed by atoms with van der Waals surface area (Å²) in [7, 11) is 1.89. The first-order valence-corrected chi connectivity index (χ1v) is 9.66. The van der Waals surface area contributed by atoms with E-state index in [0.29, 0.717) is 11.6 Å². The van der Waals surface area contributed by atoms with Crippen LogP contribution in [0.25, 0.3) is 0 Å². The van der Waals surface area contributed by atoms with Gasteiger partial charge in [0.05, 0.1) is 0 Å². The molecule has 5 heteroatoms. The molecule has 0 aromatic heterocycles. The first-order valence-electron chi connectivity index (χ1n) is 9.29. The average Bonchev–Trinajstić information content (AvgIpc) is 2.64. The van der Waals surface area contributed by atoms with Crippen molar-refractivity contribution < 1.29 is 9.59 Å². The molecule has 1 N–H and O–H groups in total. The van der Waals surface area contributed by atoms with E-state index >= 15 is 0 Å². The fourth-order valence-corrected chi connectivity index (χ4v) is 3.59. The van der Waals surface area contributed by atoms with Gasteiger partial charge >= 0.3 is 0 Å². The number of halogens is 1. The van der Waals surface area contributed by atoms with E-state index in [9.17, 15) is 9.59 Å². The van der Waals surface area contributed by atoms with E-state index in [4.69, 9.17) is 11.6 Å². The van der Waals surface area contributed by atoms with Crippen molar-refractivity contribution in [3.05, 3.63) is 34.9 Å². The van der Waals surface area contributed by atoms with Crippen LogP contribution in [-0.2, 0) is 16.1 Å². The maximum absolute atomic E-state index is 12.4. The molecule has 0 atom stereocenters. The highest BCUT2D eigenvalue weighted by Crippen LogP contribution is 2.30. The summed E-state index contributed by atoms with van der Waals surface area (Å²) >= 11 is 6.12. The molecule has 2 rings (SSSR count). The van der Waals surface area contributed by atoms with E-state index in [0.717, 1.165) is 50.6 Å². The molecule has 1 saturated carbocycles. The Morgan fingerprint density at radius 2 is 1.80 bits per heavy atom. The van der Waals surface area contributed by atoms with Crippen molar-refractivity contribution in [1.29, 1.82) is 0 Å². The number of unbranched alkanes of at least 4 members (excludes halogenated alkanes) is 1. The standard InChI is InChI=1S/C20H29ClN2O2/c1-3-4-13-23(2)20(25)16-11-9-15(10-12-16)19(24)22-14-17-7-5-6-8-18(17)21/h5-8,15-16H,3-4,9-14H2,1-2H3,(H,22,24). The van der Waals surface area contributed by atoms with Crippen molar-refractivity contribution in [3.63, 3.8) is 0 Å². The minimum Gasteiger partial charge on any atom is -0.352 e. The molecule has 0 spiro atoms. The van der Waals surface area contributed by atoms with Crippen molar-refractivity contribution in [3.8, 4) is 0 Å². The number of benzene rings is 1. The van der Waals surface area contributed by atoms with E-state index in [1.807, 2.05) is 36.2 Å². The number of amides is 2. The summed E-state index contributed by atoms with van der Waals surface area (Å²) in [6.07, 6.45) is 5.32. The van der Waals surface area contributed by atoms with Crippen molar-refractivity contribution in [1.82, 2.24) is 10.2 Å². The van der Waals surface area contributed by atoms with Crippen LogP contribution in [0.15, 0.2) is 24.3 Å². The molecule has 2 amide bonds. The lowest BCUT2D eigenvalue weighted by molar-refractivity contribution is -0.137. The number of carbonyl (C=O) groups is 2. The molecule has 1 aromatic rings. The molecule has 138 valence electrons. The molecular weight excluding hydrogens is 336 g/mol. The molecule has 1 aromatic carbocycles. The van der Waals surface area contributed by atoms with Crippen molar-refractivity contribution >= 4 is 23.4 Å². The van der Waals surface area contributed by atoms with Crippen molar-refractivity contribution in [2.75, 3.05) is 13.6 Å². The van der Waals surface area contributed by atoms with Crippen LogP contribution >= 0.6 is 11.6 Å². The summed E-state index contributed by atoms with van der Waals surface area (Å²) in [6.45, 7) is 3.41. The van der Waals surface area contributed by atoms with Gasteiger partial charge in [-0.15, -0.1) is 0 Å². The van der Waals surface area contributed by atoms with Gasteiger partial charge in [0.15, 0.2) is 0 Å². The first kappa shape index (κ1) is 19.8. The molecule has 0 saturated heterocycles. The lowest BCUT2D eigenvalue weighted by atomic mass is 9.81. The van der Waals surface area contributed by atoms with Crippen molar-refractivity contribution in [2.45, 2.75) is 52.0 Å². The Labute approximate surface area is 155 Å². The van der Waals surface area contributed by atoms with Crippen LogP contribution in [0.2, 0.25) is 5.02 Å². The van der Waals surface area contributed by atoms with Crippen LogP contribution in [0.1, 0.15) is 51.0 Å². The molecule has 1 fully saturated rings. The number of nitrogens with zero attached hydrogens (tertiary/aromatic N) is 1. The molecule has 0 heterocycles. The van der Waals surface area contributed by atoms with Crippen LogP contribution in [0.5, 0.6) is 0 Å². The monoisotopic (exact) mass is 364 g/mol. The number of carbonyl (C=O) groups excluding carboxylic acids is 2. The molecule has 0 radical (unpaired) electrons. The third-order valence-electron chi connectivity index (χ3n) is 5.08. The lowest BCUT2D eigenvalue weighted by Gasteiger charge is -2.30. The summed E-state index contributed by atoms with van der Waals surface area (Å²) in [5.41, 5.74) is 0.930. The summed E-state index contributed by atoms with van der Waals surface area (Å²) in [4.78, 5) is 26.7. The maximum Gasteiger partial charge on any atom is 0.225 e. The Kier molecular flexibility index (Phi) is 7.76. The van der Waals surface area contributed by atoms with Gasteiger partial charge in [0, 0.05) is 37.0 Å². The van der Waals surface area contributed by atoms with Gasteiger partial charge in [-0.05, 0) is 43.7 Å². The van der Waals surface area contributed by atoms with E-state index in [-0.39, 0.29) is 23.7 Å². The van der Waals surface area contributed by atoms with Crippen LogP contribution < -0.4 is 5.32 Å². The topological polar surface area (TPSA) is 49.4 Å². The predicted molar refractivity (Wildman–Crippen MR) is 101 cm³/mol. The minimum atomic E-state index is 0.00693. The Morgan fingerprint density at radius 3 is 2.44 bits per heavy atom. The van der Waals surface area contributed by atoms with Gasteiger partial charge in [-0.3, -0.25) is 9.59 Å². The zero-order valence-corrected chi connectivity index (χ0v) is 16.0. The second-order valence-electron chi connectivity index (χ2n) is 6.97. The quantitative estimate of drug-likeness (QED) is 0.794. The van der Waals surface area contributed by atoms with E-state index in [2.05, 4.69) is 12.2 Å². The predicted octanol–water partition coefficient (Wildman–Crippen LogP) is 4.02. The summed E-state index contributed by atoms with van der Waals surface area (Å²) in [6, 6.07) is 7.54. The minimum absolute atomic E-state index is 0.00693. The van der Waals surface area contributed by atoms with Gasteiger partial charge in [0.25, 0.3) is 0 Å². The van der Waals surface area contributed by atoms with Gasteiger partial charge in [-0.25, -0.2) is 0 Å². The van der Waals surface area contributed by atoms with Crippen LogP contribution in [-0.4, -0.2) is 30.3 Å². The van der Waals surface area contributed by atoms with Gasteiger partial charge < -0.3 is 10.2 Å². The molecular formula is C20H29ClN2O2. The normalized spacial score (nSPS) is 20.1. The van der Waals surface area contributed by atoms with Crippen LogP contribution in [0.3, 0.4) is 0 Å². The second kappa shape index (κ2) is 9.81. The molecule has 0 bridgehead atoms. The van der Waals surface area contributed by atoms with Gasteiger partial charge in [-0.1, -0.05) is 43.1 Å². The first-order chi connectivity index (χ1) is 12.0. The largest absolute Gasteiger partial charge is 0.352 e. The molecule has 0 unspecified atom stereocenters. The van der Waals surface area contributed by atoms with Gasteiger partial charge in [-0.2, -0.15) is 0 Å². The molecule has 1 aliphatic rings. The highest BCUT2D eigenvalue weighted by Gasteiger charge is 2.31. The van der Waals surface area contributed by atoms with E-state index in [1.54, 1.807) is 0 Å². The zero-order valence-electron chi connectivity index (χ0n) is 15.3. The fraction of sp³-hybridized carbons (Fsp3) is 0.600. The lowest BCUT2D eigenvalue weighted by Crippen LogP contribution is -2.38. The van der Waals surface area contributed by atoms with Gasteiger partial charge in [0.1, 0.15) is 0 Å². The third kappa shape index (κ3) is 5.74. The maximum atomic E-state index is 12.4. The molecule has 4 nitrogen and oxygen atoms in total. The van der Waals surface area contributed by atoms with Crippen molar-refractivity contribution in [2.24, 2.45) is 11.8 Å². The molecule has 0 aliphatic heterocycles. The van der Waals surface area contributed by atoms with Crippen LogP contribution in [0.4, 0.5) is 0 Å². The highest BCUT2D eigenvalue weighted by molar-refractivity contribution is 6.31. The number of hydrogen-bond acceptors (Lipinski definition) is 2.